The summed E-state index contributed by atoms with van der Waals surface area (Å²) in [7, 11) is 1.65. The molecule has 1 heterocycles. The molecule has 35 heavy (non-hydrogen) atoms. The predicted octanol–water partition coefficient (Wildman–Crippen LogP) is 6.12. The number of hydrogen-bond acceptors (Lipinski definition) is 7. The first-order valence-corrected chi connectivity index (χ1v) is 12.6. The van der Waals surface area contributed by atoms with E-state index in [0.29, 0.717) is 25.0 Å². The highest BCUT2D eigenvalue weighted by molar-refractivity contribution is 5.78. The summed E-state index contributed by atoms with van der Waals surface area (Å²) in [5.41, 5.74) is 0.211. The summed E-state index contributed by atoms with van der Waals surface area (Å²) in [6, 6.07) is 7.70. The number of ether oxygens (including phenoxy) is 4. The van der Waals surface area contributed by atoms with Crippen molar-refractivity contribution in [3.8, 4) is 17.2 Å². The molecule has 1 aromatic carbocycles. The molecule has 2 atom stereocenters. The number of nitrogens with zero attached hydrogens (tertiary/aromatic N) is 1. The van der Waals surface area contributed by atoms with Crippen molar-refractivity contribution in [3.05, 3.63) is 35.7 Å². The van der Waals surface area contributed by atoms with E-state index in [1.807, 2.05) is 45.0 Å². The van der Waals surface area contributed by atoms with Gasteiger partial charge in [-0.1, -0.05) is 19.4 Å². The van der Waals surface area contributed by atoms with E-state index in [4.69, 9.17) is 28.3 Å². The minimum atomic E-state index is -0.978. The second kappa shape index (κ2) is 11.6. The molecule has 0 spiro atoms. The highest BCUT2D eigenvalue weighted by Crippen LogP contribution is 2.30. The zero-order chi connectivity index (χ0) is 25.6. The fourth-order valence-electron chi connectivity index (χ4n) is 4.18. The molecule has 2 aromatic rings. The van der Waals surface area contributed by atoms with Crippen LogP contribution in [0.3, 0.4) is 0 Å². The Balaban J connectivity index is 1.55. The van der Waals surface area contributed by atoms with Crippen LogP contribution in [-0.2, 0) is 32.0 Å². The van der Waals surface area contributed by atoms with Crippen molar-refractivity contribution in [3.63, 3.8) is 0 Å². The summed E-state index contributed by atoms with van der Waals surface area (Å²) in [5.74, 6) is 2.20. The minimum Gasteiger partial charge on any atom is -0.497 e. The van der Waals surface area contributed by atoms with Gasteiger partial charge in [0.1, 0.15) is 22.8 Å². The van der Waals surface area contributed by atoms with Gasteiger partial charge < -0.3 is 23.4 Å². The zero-order valence-electron chi connectivity index (χ0n) is 22.3. The highest BCUT2D eigenvalue weighted by atomic mass is 16.6. The number of methoxy groups -OCH3 is 1. The SMILES string of the molecule is CCc1oc(-c2cccc(OC)c2)nc1CO[C@H]1CCC[C@@H](COC(C)(C)C(=O)OC(C)(C)C)C1. The molecule has 1 aromatic heterocycles. The van der Waals surface area contributed by atoms with E-state index >= 15 is 0 Å². The molecule has 7 heteroatoms. The summed E-state index contributed by atoms with van der Waals surface area (Å²) in [4.78, 5) is 17.2. The first kappa shape index (κ1) is 27.2. The Hall–Kier alpha value is -2.38. The van der Waals surface area contributed by atoms with E-state index in [2.05, 4.69) is 6.92 Å². The quantitative estimate of drug-likeness (QED) is 0.373. The molecular formula is C28H41NO6. The normalized spacial score (nSPS) is 18.9. The van der Waals surface area contributed by atoms with Crippen LogP contribution in [-0.4, -0.2) is 42.0 Å². The zero-order valence-corrected chi connectivity index (χ0v) is 22.3. The maximum Gasteiger partial charge on any atom is 0.338 e. The van der Waals surface area contributed by atoms with Gasteiger partial charge in [0.2, 0.25) is 5.89 Å². The van der Waals surface area contributed by atoms with Crippen LogP contribution in [0.1, 0.15) is 78.7 Å². The Labute approximate surface area is 209 Å². The van der Waals surface area contributed by atoms with Crippen LogP contribution >= 0.6 is 0 Å². The van der Waals surface area contributed by atoms with Crippen molar-refractivity contribution in [2.45, 2.75) is 97.6 Å². The smallest absolute Gasteiger partial charge is 0.338 e. The van der Waals surface area contributed by atoms with Gasteiger partial charge in [-0.2, -0.15) is 0 Å². The van der Waals surface area contributed by atoms with Crippen molar-refractivity contribution >= 4 is 5.97 Å². The Morgan fingerprint density at radius 2 is 1.94 bits per heavy atom. The Kier molecular flexibility index (Phi) is 9.00. The third kappa shape index (κ3) is 7.80. The van der Waals surface area contributed by atoms with E-state index in [0.717, 1.165) is 54.9 Å². The van der Waals surface area contributed by atoms with Gasteiger partial charge in [0.25, 0.3) is 0 Å². The molecular weight excluding hydrogens is 446 g/mol. The lowest BCUT2D eigenvalue weighted by Gasteiger charge is -2.33. The summed E-state index contributed by atoms with van der Waals surface area (Å²) < 4.78 is 29.2. The highest BCUT2D eigenvalue weighted by Gasteiger charge is 2.35. The molecule has 1 aliphatic carbocycles. The fourth-order valence-corrected chi connectivity index (χ4v) is 4.18. The molecule has 0 unspecified atom stereocenters. The van der Waals surface area contributed by atoms with Gasteiger partial charge in [-0.05, 0) is 78.0 Å². The van der Waals surface area contributed by atoms with Crippen LogP contribution in [0.5, 0.6) is 5.75 Å². The Morgan fingerprint density at radius 1 is 1.17 bits per heavy atom. The molecule has 0 N–H and O–H groups in total. The topological polar surface area (TPSA) is 80.0 Å². The fraction of sp³-hybridized carbons (Fsp3) is 0.643. The summed E-state index contributed by atoms with van der Waals surface area (Å²) in [5, 5.41) is 0. The molecule has 0 saturated heterocycles. The summed E-state index contributed by atoms with van der Waals surface area (Å²) in [6.45, 7) is 12.1. The van der Waals surface area contributed by atoms with Crippen LogP contribution < -0.4 is 4.74 Å². The average Bonchev–Trinajstić information content (AvgIpc) is 3.24. The maximum absolute atomic E-state index is 12.5. The number of hydrogen-bond donors (Lipinski definition) is 0. The first-order valence-electron chi connectivity index (χ1n) is 12.6. The van der Waals surface area contributed by atoms with Crippen LogP contribution in [0, 0.1) is 5.92 Å². The molecule has 194 valence electrons. The van der Waals surface area contributed by atoms with Crippen LogP contribution in [0.25, 0.3) is 11.5 Å². The minimum absolute atomic E-state index is 0.128. The average molecular weight is 488 g/mol. The second-order valence-corrected chi connectivity index (χ2v) is 10.8. The molecule has 0 aliphatic heterocycles. The predicted molar refractivity (Wildman–Crippen MR) is 134 cm³/mol. The van der Waals surface area contributed by atoms with E-state index in [1.165, 1.54) is 0 Å². The first-order chi connectivity index (χ1) is 16.5. The molecule has 7 nitrogen and oxygen atoms in total. The van der Waals surface area contributed by atoms with Crippen molar-refractivity contribution in [2.75, 3.05) is 13.7 Å². The molecule has 1 saturated carbocycles. The molecule has 1 fully saturated rings. The van der Waals surface area contributed by atoms with Crippen LogP contribution in [0.2, 0.25) is 0 Å². The molecule has 0 bridgehead atoms. The lowest BCUT2D eigenvalue weighted by atomic mass is 9.87. The molecule has 1 aliphatic rings. The Morgan fingerprint density at radius 3 is 2.63 bits per heavy atom. The van der Waals surface area contributed by atoms with Gasteiger partial charge in [0.05, 0.1) is 26.4 Å². The number of esters is 1. The van der Waals surface area contributed by atoms with Crippen LogP contribution in [0.4, 0.5) is 0 Å². The third-order valence-electron chi connectivity index (χ3n) is 6.18. The number of carbonyl (C=O) groups is 1. The van der Waals surface area contributed by atoms with Gasteiger partial charge in [-0.15, -0.1) is 0 Å². The van der Waals surface area contributed by atoms with Crippen molar-refractivity contribution in [2.24, 2.45) is 5.92 Å². The van der Waals surface area contributed by atoms with Gasteiger partial charge in [0, 0.05) is 12.0 Å². The number of benzene rings is 1. The number of carbonyl (C=O) groups excluding carboxylic acids is 1. The monoisotopic (exact) mass is 487 g/mol. The van der Waals surface area contributed by atoms with E-state index in [9.17, 15) is 4.79 Å². The van der Waals surface area contributed by atoms with E-state index in [-0.39, 0.29) is 12.1 Å². The van der Waals surface area contributed by atoms with Crippen molar-refractivity contribution < 1.29 is 28.2 Å². The maximum atomic E-state index is 12.5. The van der Waals surface area contributed by atoms with Gasteiger partial charge in [-0.3, -0.25) is 0 Å². The second-order valence-electron chi connectivity index (χ2n) is 10.8. The van der Waals surface area contributed by atoms with Crippen molar-refractivity contribution in [1.29, 1.82) is 0 Å². The third-order valence-corrected chi connectivity index (χ3v) is 6.18. The molecule has 0 radical (unpaired) electrons. The van der Waals surface area contributed by atoms with Gasteiger partial charge >= 0.3 is 5.97 Å². The summed E-state index contributed by atoms with van der Waals surface area (Å²) >= 11 is 0. The van der Waals surface area contributed by atoms with E-state index in [1.54, 1.807) is 21.0 Å². The number of aromatic nitrogens is 1. The lowest BCUT2D eigenvalue weighted by Crippen LogP contribution is -2.42. The Bertz CT molecular complexity index is 974. The standard InChI is InChI=1S/C28H41NO6/c1-8-24-23(29-25(34-24)20-12-10-13-21(16-20)31-7)18-32-22-14-9-11-19(15-22)17-33-28(5,6)26(30)35-27(2,3)4/h10,12-13,16,19,22H,8-9,11,14-15,17-18H2,1-7H3/t19-,22+/m1/s1. The van der Waals surface area contributed by atoms with Gasteiger partial charge in [0.15, 0.2) is 5.60 Å². The summed E-state index contributed by atoms with van der Waals surface area (Å²) in [6.07, 6.45) is 4.91. The number of oxazole rings is 1. The van der Waals surface area contributed by atoms with E-state index < -0.39 is 11.2 Å². The lowest BCUT2D eigenvalue weighted by molar-refractivity contribution is -0.181. The largest absolute Gasteiger partial charge is 0.497 e. The number of aryl methyl sites for hydroxylation is 1. The van der Waals surface area contributed by atoms with Crippen molar-refractivity contribution in [1.82, 2.24) is 4.98 Å². The van der Waals surface area contributed by atoms with Gasteiger partial charge in [-0.25, -0.2) is 9.78 Å². The molecule has 3 rings (SSSR count). The van der Waals surface area contributed by atoms with Crippen LogP contribution in [0.15, 0.2) is 28.7 Å². The molecule has 0 amide bonds. The number of rotatable bonds is 10.